The zero-order valence-corrected chi connectivity index (χ0v) is 14.6. The average Bonchev–Trinajstić information content (AvgIpc) is 2.64. The normalized spacial score (nSPS) is 11.5. The number of halogens is 1. The lowest BCUT2D eigenvalue weighted by atomic mass is 10.1. The van der Waals surface area contributed by atoms with Crippen molar-refractivity contribution >= 4 is 17.5 Å². The van der Waals surface area contributed by atoms with Crippen molar-refractivity contribution < 1.29 is 23.5 Å². The summed E-state index contributed by atoms with van der Waals surface area (Å²) >= 11 is 0. The fourth-order valence-electron chi connectivity index (χ4n) is 2.16. The summed E-state index contributed by atoms with van der Waals surface area (Å²) in [6.45, 7) is 2.32. The van der Waals surface area contributed by atoms with E-state index in [1.807, 2.05) is 0 Å². The van der Waals surface area contributed by atoms with E-state index in [9.17, 15) is 14.0 Å². The van der Waals surface area contributed by atoms with Gasteiger partial charge in [-0.15, -0.1) is 0 Å². The van der Waals surface area contributed by atoms with Crippen molar-refractivity contribution in [1.82, 2.24) is 5.32 Å². The lowest BCUT2D eigenvalue weighted by Gasteiger charge is -2.16. The number of benzene rings is 2. The molecule has 6 nitrogen and oxygen atoms in total. The van der Waals surface area contributed by atoms with Crippen LogP contribution in [0.15, 0.2) is 48.5 Å². The van der Waals surface area contributed by atoms with Gasteiger partial charge < -0.3 is 20.1 Å². The Labute approximate surface area is 151 Å². The number of amides is 2. The number of nitrogens with one attached hydrogen (secondary N) is 2. The molecule has 0 radical (unpaired) electrons. The van der Waals surface area contributed by atoms with E-state index < -0.39 is 12.0 Å². The molecule has 0 heterocycles. The molecule has 0 aliphatic heterocycles. The smallest absolute Gasteiger partial charge is 0.265 e. The first-order chi connectivity index (χ1) is 12.5. The lowest BCUT2D eigenvalue weighted by Crippen LogP contribution is -2.32. The molecular weight excluding hydrogens is 339 g/mol. The van der Waals surface area contributed by atoms with Crippen LogP contribution in [0.1, 0.15) is 17.3 Å². The molecular formula is C19H21FN2O4. The maximum Gasteiger partial charge on any atom is 0.265 e. The summed E-state index contributed by atoms with van der Waals surface area (Å²) in [6.07, 6.45) is -0.829. The third-order valence-corrected chi connectivity index (χ3v) is 3.52. The fraction of sp³-hybridized carbons (Fsp3) is 0.263. The van der Waals surface area contributed by atoms with Crippen LogP contribution in [0.4, 0.5) is 10.1 Å². The molecule has 7 heteroatoms. The van der Waals surface area contributed by atoms with Crippen LogP contribution in [0.5, 0.6) is 5.75 Å². The Balaban J connectivity index is 2.01. The van der Waals surface area contributed by atoms with E-state index in [0.717, 1.165) is 0 Å². The molecule has 0 spiro atoms. The molecule has 26 heavy (non-hydrogen) atoms. The minimum absolute atomic E-state index is 0.315. The van der Waals surface area contributed by atoms with Gasteiger partial charge in [-0.05, 0) is 43.3 Å². The van der Waals surface area contributed by atoms with E-state index in [2.05, 4.69) is 10.6 Å². The molecule has 0 bridgehead atoms. The topological polar surface area (TPSA) is 76.7 Å². The Kier molecular flexibility index (Phi) is 7.11. The summed E-state index contributed by atoms with van der Waals surface area (Å²) in [7, 11) is 1.54. The second-order valence-corrected chi connectivity index (χ2v) is 5.50. The van der Waals surface area contributed by atoms with Gasteiger partial charge in [-0.2, -0.15) is 0 Å². The number of methoxy groups -OCH3 is 1. The predicted octanol–water partition coefficient (Wildman–Crippen LogP) is 2.61. The van der Waals surface area contributed by atoms with Crippen molar-refractivity contribution in [3.05, 3.63) is 59.9 Å². The Morgan fingerprint density at radius 1 is 1.12 bits per heavy atom. The maximum absolute atomic E-state index is 12.9. The van der Waals surface area contributed by atoms with Crippen molar-refractivity contribution in [2.24, 2.45) is 0 Å². The first-order valence-corrected chi connectivity index (χ1v) is 8.10. The van der Waals surface area contributed by atoms with Gasteiger partial charge in [0.2, 0.25) is 0 Å². The number of para-hydroxylation sites is 1. The van der Waals surface area contributed by atoms with E-state index in [4.69, 9.17) is 9.47 Å². The molecule has 0 fully saturated rings. The minimum atomic E-state index is -0.829. The molecule has 0 aliphatic rings. The predicted molar refractivity (Wildman–Crippen MR) is 95.8 cm³/mol. The second kappa shape index (κ2) is 9.53. The molecule has 0 aromatic heterocycles. The Morgan fingerprint density at radius 3 is 2.50 bits per heavy atom. The summed E-state index contributed by atoms with van der Waals surface area (Å²) < 4.78 is 23.3. The highest BCUT2D eigenvalue weighted by molar-refractivity contribution is 6.04. The molecule has 1 atom stereocenters. The van der Waals surface area contributed by atoms with E-state index in [1.54, 1.807) is 38.3 Å². The summed E-state index contributed by atoms with van der Waals surface area (Å²) in [5.41, 5.74) is 0.716. The molecule has 0 saturated heterocycles. The van der Waals surface area contributed by atoms with Gasteiger partial charge >= 0.3 is 0 Å². The average molecular weight is 360 g/mol. The number of hydrogen-bond donors (Lipinski definition) is 2. The van der Waals surface area contributed by atoms with Crippen molar-refractivity contribution in [1.29, 1.82) is 0 Å². The van der Waals surface area contributed by atoms with Crippen LogP contribution in [-0.4, -0.2) is 38.2 Å². The van der Waals surface area contributed by atoms with Gasteiger partial charge in [-0.25, -0.2) is 4.39 Å². The lowest BCUT2D eigenvalue weighted by molar-refractivity contribution is -0.122. The van der Waals surface area contributed by atoms with E-state index >= 15 is 0 Å². The monoisotopic (exact) mass is 360 g/mol. The van der Waals surface area contributed by atoms with Gasteiger partial charge in [0.15, 0.2) is 6.10 Å². The number of rotatable bonds is 8. The molecule has 138 valence electrons. The molecule has 2 amide bonds. The van der Waals surface area contributed by atoms with Gasteiger partial charge in [0.25, 0.3) is 11.8 Å². The van der Waals surface area contributed by atoms with Crippen LogP contribution in [-0.2, 0) is 9.53 Å². The molecule has 2 aromatic rings. The number of carbonyl (C=O) groups is 2. The standard InChI is InChI=1S/C19H21FN2O4/c1-13(26-15-9-7-14(20)8-10-15)18(23)22-17-6-4-3-5-16(17)19(24)21-11-12-25-2/h3-10,13H,11-12H2,1-2H3,(H,21,24)(H,22,23). The SMILES string of the molecule is COCCNC(=O)c1ccccc1NC(=O)C(C)Oc1ccc(F)cc1. The van der Waals surface area contributed by atoms with Crippen LogP contribution in [0, 0.1) is 5.82 Å². The second-order valence-electron chi connectivity index (χ2n) is 5.50. The molecule has 0 aliphatic carbocycles. The maximum atomic E-state index is 12.9. The van der Waals surface area contributed by atoms with Crippen LogP contribution in [0.3, 0.4) is 0 Å². The Morgan fingerprint density at radius 2 is 1.81 bits per heavy atom. The minimum Gasteiger partial charge on any atom is -0.481 e. The first-order valence-electron chi connectivity index (χ1n) is 8.10. The highest BCUT2D eigenvalue weighted by atomic mass is 19.1. The van der Waals surface area contributed by atoms with Crippen LogP contribution >= 0.6 is 0 Å². The zero-order valence-electron chi connectivity index (χ0n) is 14.6. The Hall–Kier alpha value is -2.93. The quantitative estimate of drug-likeness (QED) is 0.710. The van der Waals surface area contributed by atoms with Crippen LogP contribution in [0.2, 0.25) is 0 Å². The zero-order chi connectivity index (χ0) is 18.9. The van der Waals surface area contributed by atoms with E-state index in [1.165, 1.54) is 24.3 Å². The van der Waals surface area contributed by atoms with Crippen molar-refractivity contribution in [2.75, 3.05) is 25.6 Å². The van der Waals surface area contributed by atoms with Gasteiger partial charge in [-0.3, -0.25) is 9.59 Å². The molecule has 2 N–H and O–H groups in total. The number of anilines is 1. The fourth-order valence-corrected chi connectivity index (χ4v) is 2.16. The number of carbonyl (C=O) groups excluding carboxylic acids is 2. The van der Waals surface area contributed by atoms with E-state index in [-0.39, 0.29) is 11.7 Å². The summed E-state index contributed by atoms with van der Waals surface area (Å²) in [4.78, 5) is 24.6. The highest BCUT2D eigenvalue weighted by Gasteiger charge is 2.18. The van der Waals surface area contributed by atoms with Gasteiger partial charge in [0, 0.05) is 13.7 Å². The van der Waals surface area contributed by atoms with Gasteiger partial charge in [-0.1, -0.05) is 12.1 Å². The molecule has 2 rings (SSSR count). The largest absolute Gasteiger partial charge is 0.481 e. The molecule has 0 saturated carbocycles. The van der Waals surface area contributed by atoms with Crippen molar-refractivity contribution in [3.8, 4) is 5.75 Å². The van der Waals surface area contributed by atoms with Crippen LogP contribution in [0.25, 0.3) is 0 Å². The van der Waals surface area contributed by atoms with E-state index in [0.29, 0.717) is 30.2 Å². The first kappa shape index (κ1) is 19.4. The van der Waals surface area contributed by atoms with Crippen molar-refractivity contribution in [2.45, 2.75) is 13.0 Å². The van der Waals surface area contributed by atoms with Crippen molar-refractivity contribution in [3.63, 3.8) is 0 Å². The van der Waals surface area contributed by atoms with Gasteiger partial charge in [0.05, 0.1) is 17.9 Å². The summed E-state index contributed by atoms with van der Waals surface area (Å²) in [6, 6.07) is 12.1. The van der Waals surface area contributed by atoms with Crippen LogP contribution < -0.4 is 15.4 Å². The third-order valence-electron chi connectivity index (χ3n) is 3.52. The summed E-state index contributed by atoms with van der Waals surface area (Å²) in [5.74, 6) is -0.751. The number of hydrogen-bond acceptors (Lipinski definition) is 4. The summed E-state index contributed by atoms with van der Waals surface area (Å²) in [5, 5.41) is 5.39. The molecule has 1 unspecified atom stereocenters. The molecule has 2 aromatic carbocycles. The number of ether oxygens (including phenoxy) is 2. The highest BCUT2D eigenvalue weighted by Crippen LogP contribution is 2.17. The van der Waals surface area contributed by atoms with Gasteiger partial charge in [0.1, 0.15) is 11.6 Å². The third kappa shape index (κ3) is 5.56. The Bertz CT molecular complexity index is 749.